The van der Waals surface area contributed by atoms with E-state index in [1.54, 1.807) is 20.8 Å². The number of aryl methyl sites for hydroxylation is 1. The molecule has 0 unspecified atom stereocenters. The Labute approximate surface area is 244 Å². The quantitative estimate of drug-likeness (QED) is 0.222. The van der Waals surface area contributed by atoms with E-state index in [1.807, 2.05) is 41.1 Å². The van der Waals surface area contributed by atoms with E-state index in [2.05, 4.69) is 34.6 Å². The van der Waals surface area contributed by atoms with E-state index in [0.29, 0.717) is 16.3 Å². The normalized spacial score (nSPS) is 11.6. The minimum absolute atomic E-state index is 0.118. The van der Waals surface area contributed by atoms with E-state index in [0.717, 1.165) is 47.3 Å². The first-order valence-electron chi connectivity index (χ1n) is 13.1. The fourth-order valence-corrected chi connectivity index (χ4v) is 5.62. The molecule has 0 saturated heterocycles. The molecule has 4 aromatic rings. The molecular weight excluding hydrogens is 560 g/mol. The van der Waals surface area contributed by atoms with Crippen LogP contribution in [0.15, 0.2) is 77.7 Å². The third-order valence-electron chi connectivity index (χ3n) is 5.89. The average Bonchev–Trinajstić information content (AvgIpc) is 3.42. The number of sulfonamides is 1. The maximum absolute atomic E-state index is 13.0. The molecule has 41 heavy (non-hydrogen) atoms. The van der Waals surface area contributed by atoms with Crippen molar-refractivity contribution in [3.8, 4) is 21.7 Å². The summed E-state index contributed by atoms with van der Waals surface area (Å²) in [5.41, 5.74) is 3.84. The van der Waals surface area contributed by atoms with Gasteiger partial charge in [-0.25, -0.2) is 17.9 Å². The number of hydrogen-bond acceptors (Lipinski definition) is 8. The SMILES string of the molecule is CCCCc1cc(NC(=O)c2nnc(-c3ccc(S(=O)(=O)NC(=O)OC(C)(C)C)cc3)s2)ccc1-c1ccccc1. The Kier molecular flexibility index (Phi) is 9.19. The molecule has 9 nitrogen and oxygen atoms in total. The van der Waals surface area contributed by atoms with Crippen LogP contribution in [0.1, 0.15) is 55.9 Å². The maximum Gasteiger partial charge on any atom is 0.421 e. The molecular formula is C30H32N4O5S2. The van der Waals surface area contributed by atoms with Gasteiger partial charge in [-0.1, -0.05) is 73.2 Å². The third-order valence-corrected chi connectivity index (χ3v) is 8.19. The molecule has 0 aliphatic heterocycles. The number of benzene rings is 3. The second-order valence-corrected chi connectivity index (χ2v) is 13.0. The van der Waals surface area contributed by atoms with Gasteiger partial charge in [-0.3, -0.25) is 4.79 Å². The Morgan fingerprint density at radius 1 is 0.927 bits per heavy atom. The standard InChI is InChI=1S/C30H32N4O5S2/c1-5-6-10-22-19-23(15-18-25(22)20-11-8-7-9-12-20)31-26(35)28-33-32-27(40-28)21-13-16-24(17-14-21)41(37,38)34-29(36)39-30(2,3)4/h7-9,11-19H,5-6,10H2,1-4H3,(H,31,35)(H,34,36). The number of unbranched alkanes of at least 4 members (excludes halogenated alkanes) is 1. The summed E-state index contributed by atoms with van der Waals surface area (Å²) in [5.74, 6) is -0.386. The van der Waals surface area contributed by atoms with Gasteiger partial charge in [0.15, 0.2) is 0 Å². The zero-order chi connectivity index (χ0) is 29.6. The van der Waals surface area contributed by atoms with Crippen LogP contribution in [0.3, 0.4) is 0 Å². The van der Waals surface area contributed by atoms with Crippen molar-refractivity contribution in [2.24, 2.45) is 0 Å². The number of hydrogen-bond donors (Lipinski definition) is 2. The molecule has 214 valence electrons. The summed E-state index contributed by atoms with van der Waals surface area (Å²) in [6.07, 6.45) is 1.93. The van der Waals surface area contributed by atoms with Gasteiger partial charge >= 0.3 is 6.09 Å². The van der Waals surface area contributed by atoms with Crippen molar-refractivity contribution in [3.63, 3.8) is 0 Å². The lowest BCUT2D eigenvalue weighted by molar-refractivity contribution is 0.0570. The molecule has 4 rings (SSSR count). The fraction of sp³-hybridized carbons (Fsp3) is 0.267. The Morgan fingerprint density at radius 3 is 2.29 bits per heavy atom. The summed E-state index contributed by atoms with van der Waals surface area (Å²) in [5, 5.41) is 11.7. The van der Waals surface area contributed by atoms with Crippen molar-refractivity contribution in [2.45, 2.75) is 57.5 Å². The molecule has 0 saturated carbocycles. The van der Waals surface area contributed by atoms with Gasteiger partial charge < -0.3 is 10.1 Å². The minimum atomic E-state index is -4.13. The summed E-state index contributed by atoms with van der Waals surface area (Å²) >= 11 is 1.09. The van der Waals surface area contributed by atoms with Crippen LogP contribution in [0.5, 0.6) is 0 Å². The number of aromatic nitrogens is 2. The average molecular weight is 593 g/mol. The van der Waals surface area contributed by atoms with E-state index in [1.165, 1.54) is 24.3 Å². The van der Waals surface area contributed by atoms with Gasteiger partial charge in [-0.2, -0.15) is 0 Å². The van der Waals surface area contributed by atoms with Crippen LogP contribution in [0, 0.1) is 0 Å². The number of nitrogens with zero attached hydrogens (tertiary/aromatic N) is 2. The summed E-state index contributed by atoms with van der Waals surface area (Å²) in [6, 6.07) is 21.8. The molecule has 2 amide bonds. The van der Waals surface area contributed by atoms with Gasteiger partial charge in [0.25, 0.3) is 15.9 Å². The van der Waals surface area contributed by atoms with Crippen molar-refractivity contribution in [1.29, 1.82) is 0 Å². The first-order chi connectivity index (χ1) is 19.4. The summed E-state index contributed by atoms with van der Waals surface area (Å²) in [7, 11) is -4.13. The van der Waals surface area contributed by atoms with Crippen LogP contribution < -0.4 is 10.0 Å². The van der Waals surface area contributed by atoms with Crippen LogP contribution in [0.25, 0.3) is 21.7 Å². The highest BCUT2D eigenvalue weighted by Gasteiger charge is 2.23. The van der Waals surface area contributed by atoms with Crippen LogP contribution >= 0.6 is 11.3 Å². The molecule has 0 radical (unpaired) electrons. The smallest absolute Gasteiger partial charge is 0.421 e. The van der Waals surface area contributed by atoms with E-state index in [9.17, 15) is 18.0 Å². The van der Waals surface area contributed by atoms with Crippen LogP contribution in [-0.4, -0.2) is 36.2 Å². The highest BCUT2D eigenvalue weighted by atomic mass is 32.2. The molecule has 11 heteroatoms. The molecule has 3 aromatic carbocycles. The number of anilines is 1. The molecule has 0 aliphatic carbocycles. The summed E-state index contributed by atoms with van der Waals surface area (Å²) in [6.45, 7) is 7.05. The number of carbonyl (C=O) groups is 2. The van der Waals surface area contributed by atoms with Gasteiger partial charge in [0.05, 0.1) is 4.90 Å². The maximum atomic E-state index is 13.0. The summed E-state index contributed by atoms with van der Waals surface area (Å²) < 4.78 is 32.0. The first kappa shape index (κ1) is 29.9. The molecule has 0 spiro atoms. The Hall–Kier alpha value is -4.09. The molecule has 0 atom stereocenters. The lowest BCUT2D eigenvalue weighted by atomic mass is 9.95. The van der Waals surface area contributed by atoms with Gasteiger partial charge in [0.1, 0.15) is 10.6 Å². The number of nitrogens with one attached hydrogen (secondary N) is 2. The monoisotopic (exact) mass is 592 g/mol. The predicted molar refractivity (Wildman–Crippen MR) is 160 cm³/mol. The number of rotatable bonds is 9. The summed E-state index contributed by atoms with van der Waals surface area (Å²) in [4.78, 5) is 24.8. The van der Waals surface area contributed by atoms with E-state index < -0.39 is 21.7 Å². The van der Waals surface area contributed by atoms with Crippen LogP contribution in [-0.2, 0) is 21.2 Å². The number of amides is 2. The molecule has 2 N–H and O–H groups in total. The molecule has 1 heterocycles. The topological polar surface area (TPSA) is 127 Å². The molecule has 0 bridgehead atoms. The lowest BCUT2D eigenvalue weighted by Crippen LogP contribution is -2.36. The second kappa shape index (κ2) is 12.6. The van der Waals surface area contributed by atoms with E-state index in [-0.39, 0.29) is 15.8 Å². The van der Waals surface area contributed by atoms with Crippen LogP contribution in [0.4, 0.5) is 10.5 Å². The zero-order valence-corrected chi connectivity index (χ0v) is 24.9. The Balaban J connectivity index is 1.46. The second-order valence-electron chi connectivity index (χ2n) is 10.3. The Morgan fingerprint density at radius 2 is 1.63 bits per heavy atom. The zero-order valence-electron chi connectivity index (χ0n) is 23.3. The number of ether oxygens (including phenoxy) is 1. The highest BCUT2D eigenvalue weighted by molar-refractivity contribution is 7.90. The van der Waals surface area contributed by atoms with Gasteiger partial charge in [0, 0.05) is 11.3 Å². The van der Waals surface area contributed by atoms with E-state index >= 15 is 0 Å². The van der Waals surface area contributed by atoms with Crippen molar-refractivity contribution in [1.82, 2.24) is 14.9 Å². The Bertz CT molecular complexity index is 1630. The van der Waals surface area contributed by atoms with Crippen molar-refractivity contribution < 1.29 is 22.7 Å². The molecule has 1 aromatic heterocycles. The van der Waals surface area contributed by atoms with E-state index in [4.69, 9.17) is 4.74 Å². The van der Waals surface area contributed by atoms with Gasteiger partial charge in [-0.05, 0) is 74.6 Å². The minimum Gasteiger partial charge on any atom is -0.443 e. The van der Waals surface area contributed by atoms with Crippen molar-refractivity contribution >= 4 is 39.0 Å². The largest absolute Gasteiger partial charge is 0.443 e. The first-order valence-corrected chi connectivity index (χ1v) is 15.4. The molecule has 0 fully saturated rings. The fourth-order valence-electron chi connectivity index (χ4n) is 4.01. The highest BCUT2D eigenvalue weighted by Crippen LogP contribution is 2.29. The van der Waals surface area contributed by atoms with Gasteiger partial charge in [-0.15, -0.1) is 10.2 Å². The van der Waals surface area contributed by atoms with Crippen LogP contribution in [0.2, 0.25) is 0 Å². The predicted octanol–water partition coefficient (Wildman–Crippen LogP) is 6.68. The van der Waals surface area contributed by atoms with Crippen molar-refractivity contribution in [2.75, 3.05) is 5.32 Å². The third kappa shape index (κ3) is 7.99. The van der Waals surface area contributed by atoms with Gasteiger partial charge in [0.2, 0.25) is 5.01 Å². The van der Waals surface area contributed by atoms with Crippen molar-refractivity contribution in [3.05, 3.63) is 83.4 Å². The number of carbonyl (C=O) groups excluding carboxylic acids is 2. The molecule has 0 aliphatic rings. The lowest BCUT2D eigenvalue weighted by Gasteiger charge is -2.19.